The van der Waals surface area contributed by atoms with Gasteiger partial charge >= 0.3 is 7.52 Å². The largest absolute Gasteiger partial charge is 0.493 e. The summed E-state index contributed by atoms with van der Waals surface area (Å²) in [6.07, 6.45) is 0. The highest BCUT2D eigenvalue weighted by molar-refractivity contribution is 7.60. The van der Waals surface area contributed by atoms with Crippen molar-refractivity contribution in [1.82, 2.24) is 0 Å². The van der Waals surface area contributed by atoms with E-state index in [9.17, 15) is 4.57 Å². The molecule has 20 heavy (non-hydrogen) atoms. The Bertz CT molecular complexity index is 625. The summed E-state index contributed by atoms with van der Waals surface area (Å²) in [7, 11) is -1.47. The lowest BCUT2D eigenvalue weighted by atomic mass is 10.2. The van der Waals surface area contributed by atoms with Crippen molar-refractivity contribution < 1.29 is 13.8 Å². The molecule has 106 valence electrons. The van der Waals surface area contributed by atoms with E-state index in [2.05, 4.69) is 5.09 Å². The van der Waals surface area contributed by atoms with Crippen LogP contribution in [0.3, 0.4) is 0 Å². The van der Waals surface area contributed by atoms with Crippen LogP contribution in [0, 0.1) is 6.92 Å². The third-order valence-electron chi connectivity index (χ3n) is 2.73. The zero-order valence-electron chi connectivity index (χ0n) is 11.8. The fourth-order valence-corrected chi connectivity index (χ4v) is 2.96. The van der Waals surface area contributed by atoms with Gasteiger partial charge in [-0.3, -0.25) is 4.57 Å². The Morgan fingerprint density at radius 3 is 2.20 bits per heavy atom. The molecule has 2 aromatic carbocycles. The number of para-hydroxylation sites is 2. The number of anilines is 1. The molecule has 2 aromatic rings. The molecular formula is C15H18NO3P. The lowest BCUT2D eigenvalue weighted by molar-refractivity contribution is 0.391. The zero-order valence-corrected chi connectivity index (χ0v) is 12.7. The molecule has 4 nitrogen and oxygen atoms in total. The highest BCUT2D eigenvalue weighted by Gasteiger charge is 2.19. The third-order valence-corrected chi connectivity index (χ3v) is 3.93. The van der Waals surface area contributed by atoms with Crippen molar-refractivity contribution in [2.24, 2.45) is 0 Å². The molecular weight excluding hydrogens is 273 g/mol. The molecule has 0 aromatic heterocycles. The molecule has 0 amide bonds. The van der Waals surface area contributed by atoms with Crippen LogP contribution in [0.1, 0.15) is 5.56 Å². The molecule has 5 heteroatoms. The van der Waals surface area contributed by atoms with Crippen LogP contribution in [-0.2, 0) is 4.57 Å². The molecule has 0 saturated carbocycles. The maximum Gasteiger partial charge on any atom is 0.338 e. The van der Waals surface area contributed by atoms with E-state index in [1.54, 1.807) is 25.9 Å². The van der Waals surface area contributed by atoms with Gasteiger partial charge in [0.1, 0.15) is 0 Å². The van der Waals surface area contributed by atoms with Crippen molar-refractivity contribution in [3.05, 3.63) is 54.1 Å². The summed E-state index contributed by atoms with van der Waals surface area (Å²) in [6.45, 7) is 3.54. The molecule has 0 bridgehead atoms. The van der Waals surface area contributed by atoms with Gasteiger partial charge in [-0.05, 0) is 31.2 Å². The van der Waals surface area contributed by atoms with E-state index in [0.29, 0.717) is 11.5 Å². The van der Waals surface area contributed by atoms with E-state index in [1.807, 2.05) is 43.3 Å². The van der Waals surface area contributed by atoms with Crippen LogP contribution in [0.2, 0.25) is 0 Å². The normalized spacial score (nSPS) is 13.3. The van der Waals surface area contributed by atoms with E-state index in [-0.39, 0.29) is 0 Å². The monoisotopic (exact) mass is 291 g/mol. The average molecular weight is 291 g/mol. The Morgan fingerprint density at radius 1 is 1.00 bits per heavy atom. The second kappa shape index (κ2) is 6.02. The van der Waals surface area contributed by atoms with Crippen LogP contribution in [0.5, 0.6) is 11.5 Å². The highest BCUT2D eigenvalue weighted by atomic mass is 31.2. The van der Waals surface area contributed by atoms with Crippen LogP contribution in [0.15, 0.2) is 48.5 Å². The number of ether oxygens (including phenoxy) is 1. The summed E-state index contributed by atoms with van der Waals surface area (Å²) < 4.78 is 23.3. The molecule has 0 spiro atoms. The van der Waals surface area contributed by atoms with Gasteiger partial charge in [-0.1, -0.05) is 29.8 Å². The van der Waals surface area contributed by atoms with E-state index in [0.717, 1.165) is 11.3 Å². The SMILES string of the molecule is COc1ccccc1O[P@](C)(=O)Nc1ccc(C)cc1. The smallest absolute Gasteiger partial charge is 0.338 e. The molecule has 0 fully saturated rings. The molecule has 0 unspecified atom stereocenters. The maximum absolute atomic E-state index is 12.5. The molecule has 0 saturated heterocycles. The van der Waals surface area contributed by atoms with Crippen molar-refractivity contribution in [3.63, 3.8) is 0 Å². The average Bonchev–Trinajstić information content (AvgIpc) is 2.41. The van der Waals surface area contributed by atoms with Crippen molar-refractivity contribution in [3.8, 4) is 11.5 Å². The van der Waals surface area contributed by atoms with Gasteiger partial charge in [-0.25, -0.2) is 0 Å². The zero-order chi connectivity index (χ0) is 14.6. The first-order valence-electron chi connectivity index (χ1n) is 6.25. The number of rotatable bonds is 5. The Kier molecular flexibility index (Phi) is 4.35. The van der Waals surface area contributed by atoms with E-state index >= 15 is 0 Å². The van der Waals surface area contributed by atoms with Crippen molar-refractivity contribution >= 4 is 13.2 Å². The Balaban J connectivity index is 2.14. The molecule has 1 atom stereocenters. The maximum atomic E-state index is 12.5. The van der Waals surface area contributed by atoms with Crippen LogP contribution >= 0.6 is 7.52 Å². The number of methoxy groups -OCH3 is 1. The lowest BCUT2D eigenvalue weighted by Gasteiger charge is -2.18. The summed E-state index contributed by atoms with van der Waals surface area (Å²) in [5, 5.41) is 2.92. The summed E-state index contributed by atoms with van der Waals surface area (Å²) in [6, 6.07) is 14.8. The molecule has 1 N–H and O–H groups in total. The van der Waals surface area contributed by atoms with E-state index < -0.39 is 7.52 Å². The summed E-state index contributed by atoms with van der Waals surface area (Å²) >= 11 is 0. The first kappa shape index (κ1) is 14.5. The summed E-state index contributed by atoms with van der Waals surface area (Å²) in [4.78, 5) is 0. The molecule has 0 aliphatic carbocycles. The second-order valence-electron chi connectivity index (χ2n) is 4.57. The first-order valence-corrected chi connectivity index (χ1v) is 8.32. The van der Waals surface area contributed by atoms with Gasteiger partial charge in [0.05, 0.1) is 7.11 Å². The predicted octanol–water partition coefficient (Wildman–Crippen LogP) is 4.32. The van der Waals surface area contributed by atoms with Crippen molar-refractivity contribution in [1.29, 1.82) is 0 Å². The number of benzene rings is 2. The molecule has 0 aliphatic rings. The first-order chi connectivity index (χ1) is 9.50. The highest BCUT2D eigenvalue weighted by Crippen LogP contribution is 2.45. The second-order valence-corrected chi connectivity index (χ2v) is 6.66. The van der Waals surface area contributed by atoms with Crippen molar-refractivity contribution in [2.45, 2.75) is 6.92 Å². The van der Waals surface area contributed by atoms with Gasteiger partial charge < -0.3 is 14.3 Å². The minimum atomic E-state index is -3.02. The van der Waals surface area contributed by atoms with Gasteiger partial charge in [0.15, 0.2) is 11.5 Å². The number of aryl methyl sites for hydroxylation is 1. The standard InChI is InChI=1S/C15H18NO3P/c1-12-8-10-13(11-9-12)16-20(3,17)19-15-7-5-4-6-14(15)18-2/h4-11H,1-3H3,(H,16,17)/t20-/m0/s1. The Hall–Kier alpha value is -1.93. The molecule has 0 radical (unpaired) electrons. The van der Waals surface area contributed by atoms with Crippen LogP contribution < -0.4 is 14.3 Å². The fraction of sp³-hybridized carbons (Fsp3) is 0.200. The van der Waals surface area contributed by atoms with Gasteiger partial charge in [-0.15, -0.1) is 0 Å². The minimum Gasteiger partial charge on any atom is -0.493 e. The Labute approximate surface area is 119 Å². The van der Waals surface area contributed by atoms with Crippen LogP contribution in [0.4, 0.5) is 5.69 Å². The van der Waals surface area contributed by atoms with Crippen molar-refractivity contribution in [2.75, 3.05) is 18.9 Å². The number of nitrogens with one attached hydrogen (secondary N) is 1. The molecule has 2 rings (SSSR count). The van der Waals surface area contributed by atoms with Gasteiger partial charge in [-0.2, -0.15) is 0 Å². The number of hydrogen-bond donors (Lipinski definition) is 1. The summed E-state index contributed by atoms with van der Waals surface area (Å²) in [5.74, 6) is 1.01. The van der Waals surface area contributed by atoms with E-state index in [4.69, 9.17) is 9.26 Å². The van der Waals surface area contributed by atoms with Crippen LogP contribution in [0.25, 0.3) is 0 Å². The Morgan fingerprint density at radius 2 is 1.60 bits per heavy atom. The van der Waals surface area contributed by atoms with E-state index in [1.165, 1.54) is 0 Å². The fourth-order valence-electron chi connectivity index (χ4n) is 1.77. The third kappa shape index (κ3) is 3.78. The van der Waals surface area contributed by atoms with Gasteiger partial charge in [0.25, 0.3) is 0 Å². The topological polar surface area (TPSA) is 47.6 Å². The van der Waals surface area contributed by atoms with Gasteiger partial charge in [0, 0.05) is 12.4 Å². The van der Waals surface area contributed by atoms with Gasteiger partial charge in [0.2, 0.25) is 0 Å². The quantitative estimate of drug-likeness (QED) is 0.833. The van der Waals surface area contributed by atoms with Crippen LogP contribution in [-0.4, -0.2) is 13.8 Å². The molecule has 0 aliphatic heterocycles. The lowest BCUT2D eigenvalue weighted by Crippen LogP contribution is -2.03. The predicted molar refractivity (Wildman–Crippen MR) is 82.0 cm³/mol. The summed E-state index contributed by atoms with van der Waals surface area (Å²) in [5.41, 5.74) is 1.91. The minimum absolute atomic E-state index is 0.459. The molecule has 0 heterocycles. The number of hydrogen-bond acceptors (Lipinski definition) is 3.